The van der Waals surface area contributed by atoms with E-state index in [0.29, 0.717) is 0 Å². The zero-order valence-electron chi connectivity index (χ0n) is 9.19. The van der Waals surface area contributed by atoms with Crippen LogP contribution in [0.4, 0.5) is 4.39 Å². The van der Waals surface area contributed by atoms with Gasteiger partial charge in [0.15, 0.2) is 0 Å². The molecule has 2 nitrogen and oxygen atoms in total. The van der Waals surface area contributed by atoms with E-state index in [0.717, 1.165) is 4.47 Å². The van der Waals surface area contributed by atoms with Crippen molar-refractivity contribution >= 4 is 21.9 Å². The van der Waals surface area contributed by atoms with E-state index in [4.69, 9.17) is 4.74 Å². The summed E-state index contributed by atoms with van der Waals surface area (Å²) < 4.78 is 20.9. The van der Waals surface area contributed by atoms with E-state index in [1.165, 1.54) is 0 Å². The number of carbonyl (C=O) groups is 1. The maximum atomic E-state index is 15.1. The Morgan fingerprint density at radius 2 is 1.72 bits per heavy atom. The van der Waals surface area contributed by atoms with Gasteiger partial charge in [0.25, 0.3) is 5.67 Å². The first-order valence-corrected chi connectivity index (χ1v) is 6.18. The molecule has 4 heteroatoms. The topological polar surface area (TPSA) is 26.3 Å². The molecule has 3 rings (SSSR count). The van der Waals surface area contributed by atoms with Crippen molar-refractivity contribution in [3.8, 4) is 5.75 Å². The number of benzene rings is 2. The third kappa shape index (κ3) is 1.49. The van der Waals surface area contributed by atoms with E-state index in [-0.39, 0.29) is 16.9 Å². The number of rotatable bonds is 1. The lowest BCUT2D eigenvalue weighted by Crippen LogP contribution is -2.29. The van der Waals surface area contributed by atoms with Crippen molar-refractivity contribution in [3.63, 3.8) is 0 Å². The minimum Gasteiger partial charge on any atom is -0.423 e. The highest BCUT2D eigenvalue weighted by Gasteiger charge is 2.51. The van der Waals surface area contributed by atoms with Crippen LogP contribution in [0.3, 0.4) is 0 Å². The lowest BCUT2D eigenvalue weighted by molar-refractivity contribution is -0.142. The maximum absolute atomic E-state index is 15.1. The normalized spacial score (nSPS) is 21.6. The standard InChI is InChI=1S/C14H8BrFO2/c15-10-7-5-9(6-8-10)14(16)11-3-1-2-4-12(11)18-13(14)17/h1-8H. The van der Waals surface area contributed by atoms with Crippen LogP contribution in [0.5, 0.6) is 5.75 Å². The van der Waals surface area contributed by atoms with Crippen LogP contribution < -0.4 is 4.74 Å². The molecular weight excluding hydrogens is 299 g/mol. The Bertz CT molecular complexity index is 624. The van der Waals surface area contributed by atoms with Crippen molar-refractivity contribution in [1.82, 2.24) is 0 Å². The highest BCUT2D eigenvalue weighted by atomic mass is 79.9. The average molecular weight is 307 g/mol. The fourth-order valence-electron chi connectivity index (χ4n) is 2.07. The summed E-state index contributed by atoms with van der Waals surface area (Å²) in [6.07, 6.45) is 0. The number of hydrogen-bond donors (Lipinski definition) is 0. The second kappa shape index (κ2) is 3.92. The predicted octanol–water partition coefficient (Wildman–Crippen LogP) is 3.58. The minimum atomic E-state index is -2.21. The second-order valence-electron chi connectivity index (χ2n) is 4.05. The summed E-state index contributed by atoms with van der Waals surface area (Å²) in [6.45, 7) is 0. The van der Waals surface area contributed by atoms with Gasteiger partial charge in [-0.15, -0.1) is 0 Å². The molecule has 2 aromatic rings. The number of fused-ring (bicyclic) bond motifs is 1. The third-order valence-electron chi connectivity index (χ3n) is 2.98. The molecule has 0 aliphatic carbocycles. The van der Waals surface area contributed by atoms with E-state index in [2.05, 4.69) is 15.9 Å². The molecule has 0 amide bonds. The molecule has 1 atom stereocenters. The second-order valence-corrected chi connectivity index (χ2v) is 4.97. The molecule has 0 spiro atoms. The van der Waals surface area contributed by atoms with Crippen molar-refractivity contribution < 1.29 is 13.9 Å². The van der Waals surface area contributed by atoms with Gasteiger partial charge in [0.05, 0.1) is 0 Å². The van der Waals surface area contributed by atoms with Gasteiger partial charge in [0.1, 0.15) is 5.75 Å². The molecular formula is C14H8BrFO2. The fourth-order valence-corrected chi connectivity index (χ4v) is 2.34. The largest absolute Gasteiger partial charge is 0.423 e. The molecule has 0 aromatic heterocycles. The van der Waals surface area contributed by atoms with Crippen molar-refractivity contribution in [2.75, 3.05) is 0 Å². The Balaban J connectivity index is 2.20. The van der Waals surface area contributed by atoms with Crippen LogP contribution in [-0.2, 0) is 10.5 Å². The number of para-hydroxylation sites is 1. The molecule has 0 radical (unpaired) electrons. The van der Waals surface area contributed by atoms with Gasteiger partial charge < -0.3 is 4.74 Å². The van der Waals surface area contributed by atoms with Crippen LogP contribution >= 0.6 is 15.9 Å². The number of esters is 1. The maximum Gasteiger partial charge on any atom is 0.358 e. The van der Waals surface area contributed by atoms with Crippen LogP contribution in [0, 0.1) is 0 Å². The molecule has 0 saturated carbocycles. The number of alkyl halides is 1. The molecule has 0 N–H and O–H groups in total. The van der Waals surface area contributed by atoms with Crippen molar-refractivity contribution in [3.05, 3.63) is 64.1 Å². The van der Waals surface area contributed by atoms with E-state index in [1.54, 1.807) is 48.5 Å². The SMILES string of the molecule is O=C1Oc2ccccc2C1(F)c1ccc(Br)cc1. The van der Waals surface area contributed by atoms with Gasteiger partial charge in [0, 0.05) is 15.6 Å². The van der Waals surface area contributed by atoms with Gasteiger partial charge in [-0.1, -0.05) is 46.3 Å². The molecule has 1 unspecified atom stereocenters. The van der Waals surface area contributed by atoms with Crippen LogP contribution in [-0.4, -0.2) is 5.97 Å². The van der Waals surface area contributed by atoms with E-state index in [9.17, 15) is 4.79 Å². The lowest BCUT2D eigenvalue weighted by atomic mass is 9.89. The molecule has 1 heterocycles. The number of ether oxygens (including phenoxy) is 1. The van der Waals surface area contributed by atoms with Gasteiger partial charge >= 0.3 is 5.97 Å². The zero-order chi connectivity index (χ0) is 12.8. The molecule has 2 aromatic carbocycles. The molecule has 0 bridgehead atoms. The van der Waals surface area contributed by atoms with E-state index in [1.807, 2.05) is 0 Å². The quantitative estimate of drug-likeness (QED) is 0.594. The molecule has 90 valence electrons. The number of hydrogen-bond acceptors (Lipinski definition) is 2. The Hall–Kier alpha value is -1.68. The molecule has 0 saturated heterocycles. The first kappa shape index (κ1) is 11.4. The van der Waals surface area contributed by atoms with Crippen molar-refractivity contribution in [2.45, 2.75) is 5.67 Å². The van der Waals surface area contributed by atoms with Crippen molar-refractivity contribution in [2.24, 2.45) is 0 Å². The lowest BCUT2D eigenvalue weighted by Gasteiger charge is -2.16. The monoisotopic (exact) mass is 306 g/mol. The first-order valence-electron chi connectivity index (χ1n) is 5.39. The van der Waals surface area contributed by atoms with Crippen LogP contribution in [0.25, 0.3) is 0 Å². The van der Waals surface area contributed by atoms with Crippen LogP contribution in [0.15, 0.2) is 53.0 Å². The summed E-state index contributed by atoms with van der Waals surface area (Å²) in [6, 6.07) is 13.1. The number of carbonyl (C=O) groups excluding carboxylic acids is 1. The summed E-state index contributed by atoms with van der Waals surface area (Å²) in [5.41, 5.74) is -1.67. The molecule has 18 heavy (non-hydrogen) atoms. The first-order chi connectivity index (χ1) is 8.62. The highest BCUT2D eigenvalue weighted by Crippen LogP contribution is 2.45. The fraction of sp³-hybridized carbons (Fsp3) is 0.0714. The summed E-state index contributed by atoms with van der Waals surface area (Å²) in [5, 5.41) is 0. The Kier molecular flexibility index (Phi) is 2.48. The summed E-state index contributed by atoms with van der Waals surface area (Å²) in [4.78, 5) is 11.8. The summed E-state index contributed by atoms with van der Waals surface area (Å²) in [7, 11) is 0. The Labute approximate surface area is 112 Å². The highest BCUT2D eigenvalue weighted by molar-refractivity contribution is 9.10. The van der Waals surface area contributed by atoms with E-state index >= 15 is 4.39 Å². The predicted molar refractivity (Wildman–Crippen MR) is 68.1 cm³/mol. The van der Waals surface area contributed by atoms with Crippen LogP contribution in [0.1, 0.15) is 11.1 Å². The smallest absolute Gasteiger partial charge is 0.358 e. The van der Waals surface area contributed by atoms with Crippen molar-refractivity contribution in [1.29, 1.82) is 0 Å². The summed E-state index contributed by atoms with van der Waals surface area (Å²) in [5.74, 6) is -0.598. The Morgan fingerprint density at radius 3 is 2.44 bits per heavy atom. The molecule has 0 fully saturated rings. The molecule has 1 aliphatic heterocycles. The summed E-state index contributed by atoms with van der Waals surface area (Å²) >= 11 is 3.28. The van der Waals surface area contributed by atoms with Gasteiger partial charge in [-0.2, -0.15) is 0 Å². The zero-order valence-corrected chi connectivity index (χ0v) is 10.8. The Morgan fingerprint density at radius 1 is 1.06 bits per heavy atom. The minimum absolute atomic E-state index is 0.261. The number of halogens is 2. The third-order valence-corrected chi connectivity index (χ3v) is 3.51. The van der Waals surface area contributed by atoms with Crippen LogP contribution in [0.2, 0.25) is 0 Å². The molecule has 1 aliphatic rings. The van der Waals surface area contributed by atoms with Gasteiger partial charge in [-0.3, -0.25) is 0 Å². The van der Waals surface area contributed by atoms with E-state index < -0.39 is 11.6 Å². The van der Waals surface area contributed by atoms with Gasteiger partial charge in [-0.25, -0.2) is 9.18 Å². The van der Waals surface area contributed by atoms with Gasteiger partial charge in [-0.05, 0) is 18.2 Å². The average Bonchev–Trinajstić information content (AvgIpc) is 2.64. The van der Waals surface area contributed by atoms with Gasteiger partial charge in [0.2, 0.25) is 0 Å².